The number of anilines is 1. The van der Waals surface area contributed by atoms with Crippen molar-refractivity contribution >= 4 is 17.6 Å². The third-order valence-electron chi connectivity index (χ3n) is 4.01. The molecule has 0 spiro atoms. The Morgan fingerprint density at radius 3 is 2.38 bits per heavy atom. The highest BCUT2D eigenvalue weighted by Gasteiger charge is 2.36. The van der Waals surface area contributed by atoms with Gasteiger partial charge in [0.1, 0.15) is 11.6 Å². The number of halogens is 1. The van der Waals surface area contributed by atoms with Crippen LogP contribution in [0.25, 0.3) is 0 Å². The summed E-state index contributed by atoms with van der Waals surface area (Å²) in [6, 6.07) is 11.2. The van der Waals surface area contributed by atoms with Crippen molar-refractivity contribution in [1.82, 2.24) is 0 Å². The lowest BCUT2D eigenvalue weighted by Crippen LogP contribution is -2.27. The summed E-state index contributed by atoms with van der Waals surface area (Å²) in [7, 11) is 0. The highest BCUT2D eigenvalue weighted by molar-refractivity contribution is 5.99. The molecule has 1 aliphatic rings. The number of ether oxygens (including phenoxy) is 1. The molecule has 0 aliphatic carbocycles. The van der Waals surface area contributed by atoms with Gasteiger partial charge in [-0.1, -0.05) is 6.07 Å². The molecule has 3 rings (SSSR count). The van der Waals surface area contributed by atoms with Gasteiger partial charge in [-0.15, -0.1) is 0 Å². The van der Waals surface area contributed by atoms with Gasteiger partial charge in [-0.05, 0) is 61.4 Å². The van der Waals surface area contributed by atoms with Crippen LogP contribution in [0.5, 0.6) is 5.75 Å². The predicted octanol–water partition coefficient (Wildman–Crippen LogP) is 3.40. The maximum Gasteiger partial charge on any atom is 0.316 e. The van der Waals surface area contributed by atoms with E-state index in [1.807, 2.05) is 19.9 Å². The van der Waals surface area contributed by atoms with Crippen molar-refractivity contribution in [3.05, 3.63) is 59.4 Å². The molecule has 0 saturated carbocycles. The molecule has 5 heteroatoms. The number of esters is 1. The van der Waals surface area contributed by atoms with Crippen molar-refractivity contribution in [3.8, 4) is 5.75 Å². The van der Waals surface area contributed by atoms with Crippen molar-refractivity contribution in [2.75, 3.05) is 11.4 Å². The smallest absolute Gasteiger partial charge is 0.316 e. The van der Waals surface area contributed by atoms with Crippen molar-refractivity contribution in [2.24, 2.45) is 5.92 Å². The lowest BCUT2D eigenvalue weighted by Gasteiger charge is -2.16. The number of carbonyl (C=O) groups is 2. The molecule has 0 aromatic heterocycles. The molecule has 2 aromatic carbocycles. The fraction of sp³-hybridized carbons (Fsp3) is 0.263. The summed E-state index contributed by atoms with van der Waals surface area (Å²) in [5, 5.41) is 0. The maximum atomic E-state index is 13.0. The van der Waals surface area contributed by atoms with Crippen molar-refractivity contribution in [3.63, 3.8) is 0 Å². The molecule has 2 aromatic rings. The SMILES string of the molecule is Cc1cc(C)cc(OC(=O)[C@@H]2CC(=O)N(c3ccc(F)cc3)C2)c1. The second-order valence-electron chi connectivity index (χ2n) is 6.13. The highest BCUT2D eigenvalue weighted by atomic mass is 19.1. The second-order valence-corrected chi connectivity index (χ2v) is 6.13. The fourth-order valence-electron chi connectivity index (χ4n) is 2.93. The van der Waals surface area contributed by atoms with Gasteiger partial charge in [-0.3, -0.25) is 9.59 Å². The first kappa shape index (κ1) is 16.2. The van der Waals surface area contributed by atoms with E-state index in [2.05, 4.69) is 0 Å². The normalized spacial score (nSPS) is 17.2. The van der Waals surface area contributed by atoms with Gasteiger partial charge in [0.25, 0.3) is 0 Å². The zero-order valence-electron chi connectivity index (χ0n) is 13.6. The van der Waals surface area contributed by atoms with E-state index in [1.165, 1.54) is 29.2 Å². The minimum absolute atomic E-state index is 0.0982. The van der Waals surface area contributed by atoms with E-state index in [1.54, 1.807) is 12.1 Å². The summed E-state index contributed by atoms with van der Waals surface area (Å²) in [6.45, 7) is 4.10. The number of amides is 1. The molecule has 0 unspecified atom stereocenters. The number of hydrogen-bond donors (Lipinski definition) is 0. The lowest BCUT2D eigenvalue weighted by atomic mass is 10.1. The van der Waals surface area contributed by atoms with Crippen LogP contribution in [0.4, 0.5) is 10.1 Å². The first-order chi connectivity index (χ1) is 11.4. The Kier molecular flexibility index (Phi) is 4.34. The van der Waals surface area contributed by atoms with Crippen molar-refractivity contribution in [2.45, 2.75) is 20.3 Å². The molecular formula is C19H18FNO3. The Hall–Kier alpha value is -2.69. The third kappa shape index (κ3) is 3.45. The van der Waals surface area contributed by atoms with E-state index in [0.717, 1.165) is 11.1 Å². The Balaban J connectivity index is 1.70. The molecule has 1 fully saturated rings. The van der Waals surface area contributed by atoms with Crippen LogP contribution in [0.1, 0.15) is 17.5 Å². The van der Waals surface area contributed by atoms with Gasteiger partial charge in [-0.2, -0.15) is 0 Å². The summed E-state index contributed by atoms with van der Waals surface area (Å²) in [5.41, 5.74) is 2.60. The van der Waals surface area contributed by atoms with Crippen LogP contribution >= 0.6 is 0 Å². The second kappa shape index (κ2) is 6.43. The summed E-state index contributed by atoms with van der Waals surface area (Å²) in [6.07, 6.45) is 0.0982. The molecule has 1 atom stereocenters. The van der Waals surface area contributed by atoms with Crippen LogP contribution in [-0.2, 0) is 9.59 Å². The Labute approximate surface area is 139 Å². The summed E-state index contributed by atoms with van der Waals surface area (Å²) >= 11 is 0. The van der Waals surface area contributed by atoms with Crippen LogP contribution in [0, 0.1) is 25.6 Å². The summed E-state index contributed by atoms with van der Waals surface area (Å²) in [5.74, 6) is -0.980. The van der Waals surface area contributed by atoms with Gasteiger partial charge < -0.3 is 9.64 Å². The zero-order chi connectivity index (χ0) is 17.3. The maximum absolute atomic E-state index is 13.0. The largest absolute Gasteiger partial charge is 0.426 e. The number of aryl methyl sites for hydroxylation is 2. The number of rotatable bonds is 3. The van der Waals surface area contributed by atoms with Gasteiger partial charge >= 0.3 is 5.97 Å². The number of nitrogens with zero attached hydrogens (tertiary/aromatic N) is 1. The zero-order valence-corrected chi connectivity index (χ0v) is 13.6. The van der Waals surface area contributed by atoms with E-state index >= 15 is 0 Å². The molecule has 1 heterocycles. The highest BCUT2D eigenvalue weighted by Crippen LogP contribution is 2.27. The van der Waals surface area contributed by atoms with Gasteiger partial charge in [0.2, 0.25) is 5.91 Å². The van der Waals surface area contributed by atoms with Crippen LogP contribution in [0.2, 0.25) is 0 Å². The average molecular weight is 327 g/mol. The molecule has 124 valence electrons. The molecule has 0 radical (unpaired) electrons. The van der Waals surface area contributed by atoms with Crippen LogP contribution < -0.4 is 9.64 Å². The van der Waals surface area contributed by atoms with E-state index in [0.29, 0.717) is 11.4 Å². The quantitative estimate of drug-likeness (QED) is 0.641. The van der Waals surface area contributed by atoms with E-state index in [-0.39, 0.29) is 24.7 Å². The van der Waals surface area contributed by atoms with Gasteiger partial charge in [-0.25, -0.2) is 4.39 Å². The van der Waals surface area contributed by atoms with Crippen molar-refractivity contribution in [1.29, 1.82) is 0 Å². The Morgan fingerprint density at radius 2 is 1.75 bits per heavy atom. The summed E-state index contributed by atoms with van der Waals surface area (Å²) < 4.78 is 18.4. The molecule has 24 heavy (non-hydrogen) atoms. The molecule has 1 saturated heterocycles. The minimum atomic E-state index is -0.525. The van der Waals surface area contributed by atoms with Crippen molar-refractivity contribution < 1.29 is 18.7 Å². The molecule has 0 N–H and O–H groups in total. The Bertz CT molecular complexity index is 765. The number of hydrogen-bond acceptors (Lipinski definition) is 3. The van der Waals surface area contributed by atoms with Gasteiger partial charge in [0.05, 0.1) is 5.92 Å². The molecule has 1 amide bonds. The summed E-state index contributed by atoms with van der Waals surface area (Å²) in [4.78, 5) is 26.0. The number of benzene rings is 2. The molecule has 4 nitrogen and oxygen atoms in total. The van der Waals surface area contributed by atoms with Crippen LogP contribution in [0.3, 0.4) is 0 Å². The molecular weight excluding hydrogens is 309 g/mol. The number of carbonyl (C=O) groups excluding carboxylic acids is 2. The van der Waals surface area contributed by atoms with E-state index in [9.17, 15) is 14.0 Å². The fourth-order valence-corrected chi connectivity index (χ4v) is 2.93. The predicted molar refractivity (Wildman–Crippen MR) is 88.4 cm³/mol. The van der Waals surface area contributed by atoms with Gasteiger partial charge in [0, 0.05) is 18.7 Å². The van der Waals surface area contributed by atoms with E-state index < -0.39 is 11.9 Å². The topological polar surface area (TPSA) is 46.6 Å². The molecule has 1 aliphatic heterocycles. The monoisotopic (exact) mass is 327 g/mol. The first-order valence-corrected chi connectivity index (χ1v) is 7.78. The minimum Gasteiger partial charge on any atom is -0.426 e. The van der Waals surface area contributed by atoms with Gasteiger partial charge in [0.15, 0.2) is 0 Å². The first-order valence-electron chi connectivity index (χ1n) is 7.78. The van der Waals surface area contributed by atoms with Crippen LogP contribution in [0.15, 0.2) is 42.5 Å². The average Bonchev–Trinajstić information content (AvgIpc) is 2.89. The molecule has 0 bridgehead atoms. The standard InChI is InChI=1S/C19H18FNO3/c1-12-7-13(2)9-17(8-12)24-19(23)14-10-18(22)21(11-14)16-5-3-15(20)4-6-16/h3-9,14H,10-11H2,1-2H3/t14-/m1/s1. The van der Waals surface area contributed by atoms with Crippen LogP contribution in [-0.4, -0.2) is 18.4 Å². The van der Waals surface area contributed by atoms with E-state index in [4.69, 9.17) is 4.74 Å². The third-order valence-corrected chi connectivity index (χ3v) is 4.01. The lowest BCUT2D eigenvalue weighted by molar-refractivity contribution is -0.139. The Morgan fingerprint density at radius 1 is 1.12 bits per heavy atom.